The van der Waals surface area contributed by atoms with Crippen molar-refractivity contribution in [2.45, 2.75) is 33.4 Å². The zero-order valence-electron chi connectivity index (χ0n) is 15.4. The molecule has 2 aromatic heterocycles. The number of carbonyl (C=O) groups excluding carboxylic acids is 1. The molecule has 0 saturated carbocycles. The second-order valence-electron chi connectivity index (χ2n) is 6.25. The van der Waals surface area contributed by atoms with Crippen LogP contribution >= 0.6 is 0 Å². The number of aryl methyl sites for hydroxylation is 2. The lowest BCUT2D eigenvalue weighted by Crippen LogP contribution is -2.36. The number of benzene rings is 1. The van der Waals surface area contributed by atoms with Gasteiger partial charge in [-0.2, -0.15) is 4.68 Å². The van der Waals surface area contributed by atoms with Crippen LogP contribution in [0.3, 0.4) is 0 Å². The summed E-state index contributed by atoms with van der Waals surface area (Å²) in [5, 5.41) is 6.95. The molecular formula is C20H21N3O4. The molecule has 0 aliphatic carbocycles. The highest BCUT2D eigenvalue weighted by molar-refractivity contribution is 5.80. The van der Waals surface area contributed by atoms with Crippen LogP contribution in [0.1, 0.15) is 23.8 Å². The van der Waals surface area contributed by atoms with Gasteiger partial charge in [0.2, 0.25) is 5.88 Å². The first-order chi connectivity index (χ1) is 12.9. The third-order valence-electron chi connectivity index (χ3n) is 4.19. The van der Waals surface area contributed by atoms with Gasteiger partial charge in [0.05, 0.1) is 18.5 Å². The topological polar surface area (TPSA) is 86.4 Å². The van der Waals surface area contributed by atoms with Gasteiger partial charge in [-0.15, -0.1) is 5.10 Å². The average Bonchev–Trinajstić information content (AvgIpc) is 3.17. The van der Waals surface area contributed by atoms with Crippen molar-refractivity contribution in [3.05, 3.63) is 76.0 Å². The zero-order chi connectivity index (χ0) is 19.4. The van der Waals surface area contributed by atoms with Crippen molar-refractivity contribution < 1.29 is 13.9 Å². The van der Waals surface area contributed by atoms with Gasteiger partial charge >= 0.3 is 0 Å². The largest absolute Gasteiger partial charge is 0.467 e. The van der Waals surface area contributed by atoms with Gasteiger partial charge < -0.3 is 14.5 Å². The van der Waals surface area contributed by atoms with Crippen molar-refractivity contribution in [1.29, 1.82) is 0 Å². The van der Waals surface area contributed by atoms with Crippen LogP contribution in [0.25, 0.3) is 5.69 Å². The van der Waals surface area contributed by atoms with Crippen molar-refractivity contribution in [1.82, 2.24) is 15.1 Å². The highest BCUT2D eigenvalue weighted by atomic mass is 16.5. The third kappa shape index (κ3) is 4.44. The lowest BCUT2D eigenvalue weighted by molar-refractivity contribution is -0.127. The van der Waals surface area contributed by atoms with Gasteiger partial charge in [0.15, 0.2) is 6.10 Å². The van der Waals surface area contributed by atoms with Crippen LogP contribution in [0, 0.1) is 13.8 Å². The number of hydrogen-bond donors (Lipinski definition) is 1. The minimum Gasteiger partial charge on any atom is -0.467 e. The minimum atomic E-state index is -0.779. The molecule has 0 spiro atoms. The highest BCUT2D eigenvalue weighted by Gasteiger charge is 2.16. The first kappa shape index (κ1) is 18.4. The average molecular weight is 367 g/mol. The molecule has 7 heteroatoms. The summed E-state index contributed by atoms with van der Waals surface area (Å²) in [7, 11) is 0. The van der Waals surface area contributed by atoms with Gasteiger partial charge in [-0.05, 0) is 56.2 Å². The predicted octanol–water partition coefficient (Wildman–Crippen LogP) is 2.53. The van der Waals surface area contributed by atoms with Crippen molar-refractivity contribution in [3.63, 3.8) is 0 Å². The highest BCUT2D eigenvalue weighted by Crippen LogP contribution is 2.14. The molecule has 3 rings (SSSR count). The molecule has 140 valence electrons. The number of furan rings is 1. The van der Waals surface area contributed by atoms with Crippen molar-refractivity contribution in [2.24, 2.45) is 0 Å². The summed E-state index contributed by atoms with van der Waals surface area (Å²) in [6, 6.07) is 12.0. The minimum absolute atomic E-state index is 0.188. The van der Waals surface area contributed by atoms with E-state index < -0.39 is 6.10 Å². The van der Waals surface area contributed by atoms with E-state index in [1.165, 1.54) is 16.8 Å². The van der Waals surface area contributed by atoms with Crippen LogP contribution in [-0.2, 0) is 11.3 Å². The maximum atomic E-state index is 12.2. The monoisotopic (exact) mass is 367 g/mol. The Hall–Kier alpha value is -3.35. The molecule has 27 heavy (non-hydrogen) atoms. The quantitative estimate of drug-likeness (QED) is 0.723. The normalized spacial score (nSPS) is 11.8. The molecule has 0 bridgehead atoms. The number of carbonyl (C=O) groups is 1. The van der Waals surface area contributed by atoms with Gasteiger partial charge in [0, 0.05) is 12.1 Å². The van der Waals surface area contributed by atoms with E-state index in [1.807, 2.05) is 32.0 Å². The Morgan fingerprint density at radius 2 is 2.04 bits per heavy atom. The smallest absolute Gasteiger partial charge is 0.271 e. The Morgan fingerprint density at radius 1 is 1.22 bits per heavy atom. The van der Waals surface area contributed by atoms with Gasteiger partial charge in [0.1, 0.15) is 5.76 Å². The van der Waals surface area contributed by atoms with Crippen LogP contribution in [0.15, 0.2) is 57.9 Å². The fraction of sp³-hybridized carbons (Fsp3) is 0.250. The molecule has 3 aromatic rings. The molecule has 1 unspecified atom stereocenters. The van der Waals surface area contributed by atoms with Crippen molar-refractivity contribution >= 4 is 5.91 Å². The molecule has 0 fully saturated rings. The zero-order valence-corrected chi connectivity index (χ0v) is 15.4. The summed E-state index contributed by atoms with van der Waals surface area (Å²) >= 11 is 0. The molecule has 1 amide bonds. The molecule has 1 aromatic carbocycles. The summed E-state index contributed by atoms with van der Waals surface area (Å²) in [6.07, 6.45) is 0.764. The summed E-state index contributed by atoms with van der Waals surface area (Å²) in [5.41, 5.74) is 2.54. The van der Waals surface area contributed by atoms with Gasteiger partial charge in [-0.3, -0.25) is 9.59 Å². The molecule has 0 saturated heterocycles. The SMILES string of the molecule is Cc1ccc(-n2nc(OC(C)C(=O)NCc3ccco3)ccc2=O)cc1C. The standard InChI is InChI=1S/C20H21N3O4/c1-13-6-7-16(11-14(13)2)23-19(24)9-8-18(22-23)27-15(3)20(25)21-12-17-5-4-10-26-17/h4-11,15H,12H2,1-3H3,(H,21,25). The second-order valence-corrected chi connectivity index (χ2v) is 6.25. The van der Waals surface area contributed by atoms with E-state index in [1.54, 1.807) is 25.3 Å². The Kier molecular flexibility index (Phi) is 5.40. The summed E-state index contributed by atoms with van der Waals surface area (Å²) < 4.78 is 12.0. The number of hydrogen-bond acceptors (Lipinski definition) is 5. The first-order valence-corrected chi connectivity index (χ1v) is 8.59. The van der Waals surface area contributed by atoms with Crippen LogP contribution in [0.4, 0.5) is 0 Å². The molecular weight excluding hydrogens is 346 g/mol. The Bertz CT molecular complexity index is 993. The lowest BCUT2D eigenvalue weighted by Gasteiger charge is -2.14. The van der Waals surface area contributed by atoms with E-state index in [-0.39, 0.29) is 23.9 Å². The number of nitrogens with one attached hydrogen (secondary N) is 1. The number of rotatable bonds is 6. The van der Waals surface area contributed by atoms with Gasteiger partial charge in [-0.25, -0.2) is 0 Å². The Balaban J connectivity index is 1.72. The number of aromatic nitrogens is 2. The van der Waals surface area contributed by atoms with Crippen molar-refractivity contribution in [3.8, 4) is 11.6 Å². The van der Waals surface area contributed by atoms with E-state index in [4.69, 9.17) is 9.15 Å². The first-order valence-electron chi connectivity index (χ1n) is 8.59. The van der Waals surface area contributed by atoms with E-state index >= 15 is 0 Å². The van der Waals surface area contributed by atoms with Gasteiger partial charge in [-0.1, -0.05) is 6.07 Å². The lowest BCUT2D eigenvalue weighted by atomic mass is 10.1. The Morgan fingerprint density at radius 3 is 2.74 bits per heavy atom. The summed E-state index contributed by atoms with van der Waals surface area (Å²) in [4.78, 5) is 24.3. The summed E-state index contributed by atoms with van der Waals surface area (Å²) in [5.74, 6) is 0.530. The molecule has 0 aliphatic heterocycles. The second kappa shape index (κ2) is 7.90. The molecule has 2 heterocycles. The molecule has 7 nitrogen and oxygen atoms in total. The molecule has 1 N–H and O–H groups in total. The number of amides is 1. The van der Waals surface area contributed by atoms with E-state index in [2.05, 4.69) is 10.4 Å². The third-order valence-corrected chi connectivity index (χ3v) is 4.19. The summed E-state index contributed by atoms with van der Waals surface area (Å²) in [6.45, 7) is 5.85. The predicted molar refractivity (Wildman–Crippen MR) is 100.0 cm³/mol. The maximum Gasteiger partial charge on any atom is 0.271 e. The fourth-order valence-electron chi connectivity index (χ4n) is 2.47. The van der Waals surface area contributed by atoms with E-state index in [0.29, 0.717) is 11.4 Å². The van der Waals surface area contributed by atoms with Gasteiger partial charge in [0.25, 0.3) is 11.5 Å². The molecule has 0 radical (unpaired) electrons. The van der Waals surface area contributed by atoms with E-state index in [0.717, 1.165) is 11.1 Å². The number of nitrogens with zero attached hydrogens (tertiary/aromatic N) is 2. The number of ether oxygens (including phenoxy) is 1. The van der Waals surface area contributed by atoms with Crippen molar-refractivity contribution in [2.75, 3.05) is 0 Å². The van der Waals surface area contributed by atoms with Crippen LogP contribution in [-0.4, -0.2) is 21.8 Å². The van der Waals surface area contributed by atoms with Crippen LogP contribution < -0.4 is 15.6 Å². The van der Waals surface area contributed by atoms with Crippen LogP contribution in [0.5, 0.6) is 5.88 Å². The fourth-order valence-corrected chi connectivity index (χ4v) is 2.47. The van der Waals surface area contributed by atoms with Crippen LogP contribution in [0.2, 0.25) is 0 Å². The molecule has 0 aliphatic rings. The Labute approximate surface area is 156 Å². The molecule has 1 atom stereocenters. The maximum absolute atomic E-state index is 12.2. The van der Waals surface area contributed by atoms with E-state index in [9.17, 15) is 9.59 Å².